The zero-order valence-corrected chi connectivity index (χ0v) is 12.7. The molecule has 0 saturated carbocycles. The van der Waals surface area contributed by atoms with Crippen molar-refractivity contribution in [1.29, 1.82) is 0 Å². The molecule has 0 heterocycles. The number of carboxylic acids is 1. The zero-order chi connectivity index (χ0) is 16.3. The maximum atomic E-state index is 11.5. The number of hydrogen-bond donors (Lipinski definition) is 1. The van der Waals surface area contributed by atoms with Crippen molar-refractivity contribution >= 4 is 17.9 Å². The van der Waals surface area contributed by atoms with Crippen LogP contribution in [0.1, 0.15) is 46.0 Å². The monoisotopic (exact) mass is 300 g/mol. The Labute approximate surface area is 125 Å². The summed E-state index contributed by atoms with van der Waals surface area (Å²) in [7, 11) is 0. The molecular formula is C15H24O6. The Bertz CT molecular complexity index is 374. The maximum Gasteiger partial charge on any atom is 0.333 e. The Morgan fingerprint density at radius 3 is 2.19 bits per heavy atom. The maximum absolute atomic E-state index is 11.5. The van der Waals surface area contributed by atoms with Gasteiger partial charge in [-0.05, 0) is 25.7 Å². The second-order valence-electron chi connectivity index (χ2n) is 4.74. The first-order valence-corrected chi connectivity index (χ1v) is 7.15. The molecule has 0 fully saturated rings. The molecule has 0 radical (unpaired) electrons. The third-order valence-corrected chi connectivity index (χ3v) is 2.73. The summed E-state index contributed by atoms with van der Waals surface area (Å²) < 4.78 is 9.77. The lowest BCUT2D eigenvalue weighted by Crippen LogP contribution is -2.19. The van der Waals surface area contributed by atoms with Crippen LogP contribution < -0.4 is 0 Å². The molecule has 0 saturated heterocycles. The summed E-state index contributed by atoms with van der Waals surface area (Å²) in [4.78, 5) is 34.0. The molecule has 0 aromatic carbocycles. The summed E-state index contributed by atoms with van der Waals surface area (Å²) in [5.41, 5.74) is 0.109. The molecule has 0 aromatic rings. The van der Waals surface area contributed by atoms with Gasteiger partial charge in [0.05, 0.1) is 19.1 Å². The number of aliphatic carboxylic acids is 1. The number of rotatable bonds is 11. The van der Waals surface area contributed by atoms with E-state index < -0.39 is 23.8 Å². The van der Waals surface area contributed by atoms with E-state index >= 15 is 0 Å². The first kappa shape index (κ1) is 19.1. The van der Waals surface area contributed by atoms with Crippen molar-refractivity contribution < 1.29 is 29.0 Å². The predicted octanol–water partition coefficient (Wildman–Crippen LogP) is 2.32. The van der Waals surface area contributed by atoms with Gasteiger partial charge in [-0.3, -0.25) is 9.59 Å². The Balaban J connectivity index is 4.30. The highest BCUT2D eigenvalue weighted by atomic mass is 16.5. The largest absolute Gasteiger partial charge is 0.481 e. The van der Waals surface area contributed by atoms with Crippen LogP contribution in [0, 0.1) is 5.92 Å². The molecule has 0 aliphatic rings. The minimum Gasteiger partial charge on any atom is -0.481 e. The first-order chi connectivity index (χ1) is 9.92. The zero-order valence-electron chi connectivity index (χ0n) is 12.7. The molecule has 0 rings (SSSR count). The number of ether oxygens (including phenoxy) is 2. The van der Waals surface area contributed by atoms with Crippen molar-refractivity contribution in [1.82, 2.24) is 0 Å². The molecule has 0 aromatic heterocycles. The lowest BCUT2D eigenvalue weighted by Gasteiger charge is -2.13. The molecule has 0 bridgehead atoms. The van der Waals surface area contributed by atoms with Crippen molar-refractivity contribution in [3.05, 3.63) is 12.2 Å². The highest BCUT2D eigenvalue weighted by molar-refractivity contribution is 5.88. The molecule has 0 amide bonds. The predicted molar refractivity (Wildman–Crippen MR) is 76.6 cm³/mol. The van der Waals surface area contributed by atoms with Gasteiger partial charge < -0.3 is 14.6 Å². The van der Waals surface area contributed by atoms with Crippen LogP contribution in [0.15, 0.2) is 12.2 Å². The number of carboxylic acid groups (broad SMARTS) is 1. The van der Waals surface area contributed by atoms with Gasteiger partial charge in [-0.15, -0.1) is 0 Å². The van der Waals surface area contributed by atoms with E-state index in [1.54, 1.807) is 0 Å². The van der Waals surface area contributed by atoms with Gasteiger partial charge in [0.2, 0.25) is 0 Å². The molecular weight excluding hydrogens is 276 g/mol. The average molecular weight is 300 g/mol. The van der Waals surface area contributed by atoms with Crippen molar-refractivity contribution in [3.63, 3.8) is 0 Å². The van der Waals surface area contributed by atoms with E-state index in [2.05, 4.69) is 6.58 Å². The van der Waals surface area contributed by atoms with Gasteiger partial charge in [0.25, 0.3) is 0 Å². The van der Waals surface area contributed by atoms with Crippen molar-refractivity contribution in [2.75, 3.05) is 13.2 Å². The smallest absolute Gasteiger partial charge is 0.333 e. The van der Waals surface area contributed by atoms with E-state index in [1.165, 1.54) is 0 Å². The van der Waals surface area contributed by atoms with Crippen LogP contribution in [0.25, 0.3) is 0 Å². The van der Waals surface area contributed by atoms with E-state index in [0.717, 1.165) is 0 Å². The fourth-order valence-corrected chi connectivity index (χ4v) is 1.57. The third-order valence-electron chi connectivity index (χ3n) is 2.73. The lowest BCUT2D eigenvalue weighted by atomic mass is 9.95. The minimum absolute atomic E-state index is 0.00819. The minimum atomic E-state index is -1.07. The van der Waals surface area contributed by atoms with Gasteiger partial charge in [-0.1, -0.05) is 20.4 Å². The summed E-state index contributed by atoms with van der Waals surface area (Å²) >= 11 is 0. The molecule has 6 heteroatoms. The quantitative estimate of drug-likeness (QED) is 0.465. The SMILES string of the molecule is C=C(CC(CCC(=O)OCCC)C(=O)O)C(=O)OCCC. The van der Waals surface area contributed by atoms with Gasteiger partial charge in [0.15, 0.2) is 0 Å². The number of carbonyl (C=O) groups is 3. The fraction of sp³-hybridized carbons (Fsp3) is 0.667. The summed E-state index contributed by atoms with van der Waals surface area (Å²) in [6.45, 7) is 7.89. The van der Waals surface area contributed by atoms with Gasteiger partial charge in [0.1, 0.15) is 0 Å². The molecule has 0 aliphatic carbocycles. The van der Waals surface area contributed by atoms with Gasteiger partial charge >= 0.3 is 17.9 Å². The van der Waals surface area contributed by atoms with E-state index in [0.29, 0.717) is 19.4 Å². The van der Waals surface area contributed by atoms with Gasteiger partial charge in [0, 0.05) is 12.0 Å². The van der Waals surface area contributed by atoms with Crippen molar-refractivity contribution in [3.8, 4) is 0 Å². The second kappa shape index (κ2) is 10.9. The molecule has 0 aliphatic heterocycles. The topological polar surface area (TPSA) is 89.9 Å². The first-order valence-electron chi connectivity index (χ1n) is 7.15. The van der Waals surface area contributed by atoms with Gasteiger partial charge in [-0.25, -0.2) is 4.79 Å². The number of hydrogen-bond acceptors (Lipinski definition) is 5. The van der Waals surface area contributed by atoms with Crippen molar-refractivity contribution in [2.45, 2.75) is 46.0 Å². The van der Waals surface area contributed by atoms with E-state index in [-0.39, 0.29) is 31.4 Å². The summed E-state index contributed by atoms with van der Waals surface area (Å²) in [5, 5.41) is 9.12. The van der Waals surface area contributed by atoms with Crippen LogP contribution in [0.3, 0.4) is 0 Å². The van der Waals surface area contributed by atoms with Gasteiger partial charge in [-0.2, -0.15) is 0 Å². The number of carbonyl (C=O) groups excluding carboxylic acids is 2. The van der Waals surface area contributed by atoms with Crippen LogP contribution in [0.4, 0.5) is 0 Å². The van der Waals surface area contributed by atoms with Crippen LogP contribution in [-0.4, -0.2) is 36.2 Å². The Morgan fingerprint density at radius 1 is 1.10 bits per heavy atom. The Hall–Kier alpha value is -1.85. The molecule has 120 valence electrons. The van der Waals surface area contributed by atoms with E-state index in [9.17, 15) is 14.4 Å². The number of esters is 2. The Kier molecular flexibility index (Phi) is 9.92. The normalized spacial score (nSPS) is 11.5. The molecule has 6 nitrogen and oxygen atoms in total. The standard InChI is InChI=1S/C15H24O6/c1-4-8-20-13(16)7-6-12(14(17)18)10-11(3)15(19)21-9-5-2/h12H,3-10H2,1-2H3,(H,17,18). The summed E-state index contributed by atoms with van der Waals surface area (Å²) in [5.74, 6) is -2.93. The van der Waals surface area contributed by atoms with Crippen LogP contribution in [-0.2, 0) is 23.9 Å². The van der Waals surface area contributed by atoms with E-state index in [4.69, 9.17) is 14.6 Å². The summed E-state index contributed by atoms with van der Waals surface area (Å²) in [6.07, 6.45) is 1.49. The molecule has 0 spiro atoms. The van der Waals surface area contributed by atoms with Crippen LogP contribution in [0.5, 0.6) is 0 Å². The fourth-order valence-electron chi connectivity index (χ4n) is 1.57. The summed E-state index contributed by atoms with van der Waals surface area (Å²) in [6, 6.07) is 0. The van der Waals surface area contributed by atoms with Crippen LogP contribution >= 0.6 is 0 Å². The highest BCUT2D eigenvalue weighted by Gasteiger charge is 2.23. The Morgan fingerprint density at radius 2 is 1.67 bits per heavy atom. The van der Waals surface area contributed by atoms with Crippen molar-refractivity contribution in [2.24, 2.45) is 5.92 Å². The molecule has 1 N–H and O–H groups in total. The third kappa shape index (κ3) is 8.83. The highest BCUT2D eigenvalue weighted by Crippen LogP contribution is 2.18. The van der Waals surface area contributed by atoms with Crippen LogP contribution in [0.2, 0.25) is 0 Å². The van der Waals surface area contributed by atoms with E-state index in [1.807, 2.05) is 13.8 Å². The molecule has 1 atom stereocenters. The molecule has 21 heavy (non-hydrogen) atoms. The second-order valence-corrected chi connectivity index (χ2v) is 4.74. The molecule has 1 unspecified atom stereocenters. The lowest BCUT2D eigenvalue weighted by molar-refractivity contribution is -0.145. The average Bonchev–Trinajstić information content (AvgIpc) is 2.45.